The van der Waals surface area contributed by atoms with Gasteiger partial charge in [-0.05, 0) is 39.0 Å². The number of aryl methyl sites for hydroxylation is 2. The summed E-state index contributed by atoms with van der Waals surface area (Å²) in [5.74, 6) is 0.807. The van der Waals surface area contributed by atoms with Gasteiger partial charge < -0.3 is 10.1 Å². The van der Waals surface area contributed by atoms with E-state index in [2.05, 4.69) is 34.2 Å². The molecule has 1 N–H and O–H groups in total. The summed E-state index contributed by atoms with van der Waals surface area (Å²) in [5, 5.41) is 7.18. The molecule has 0 unspecified atom stereocenters. The minimum absolute atomic E-state index is 0.0367. The zero-order valence-electron chi connectivity index (χ0n) is 17.2. The van der Waals surface area contributed by atoms with Gasteiger partial charge in [0.25, 0.3) is 11.7 Å². The van der Waals surface area contributed by atoms with Gasteiger partial charge in [-0.25, -0.2) is 9.50 Å². The lowest BCUT2D eigenvalue weighted by Gasteiger charge is -2.35. The molecule has 8 heteroatoms. The lowest BCUT2D eigenvalue weighted by atomic mass is 9.78. The number of carbonyl (C=O) groups is 2. The Balaban J connectivity index is 1.60. The van der Waals surface area contributed by atoms with Gasteiger partial charge in [-0.1, -0.05) is 26.7 Å². The van der Waals surface area contributed by atoms with Crippen LogP contribution in [0.5, 0.6) is 0 Å². The van der Waals surface area contributed by atoms with Crippen molar-refractivity contribution in [3.05, 3.63) is 23.3 Å². The lowest BCUT2D eigenvalue weighted by Crippen LogP contribution is -2.47. The first-order valence-electron chi connectivity index (χ1n) is 9.93. The molecule has 0 saturated heterocycles. The second-order valence-corrected chi connectivity index (χ2v) is 7.92. The van der Waals surface area contributed by atoms with E-state index in [9.17, 15) is 9.59 Å². The fourth-order valence-electron chi connectivity index (χ4n) is 3.93. The van der Waals surface area contributed by atoms with Gasteiger partial charge in [0, 0.05) is 23.0 Å². The van der Waals surface area contributed by atoms with Crippen molar-refractivity contribution in [2.75, 3.05) is 0 Å². The second kappa shape index (κ2) is 8.24. The Bertz CT molecular complexity index is 878. The Hall–Kier alpha value is -2.51. The zero-order valence-corrected chi connectivity index (χ0v) is 17.2. The van der Waals surface area contributed by atoms with Crippen LogP contribution in [0.4, 0.5) is 0 Å². The van der Waals surface area contributed by atoms with E-state index in [1.165, 1.54) is 12.7 Å². The van der Waals surface area contributed by atoms with E-state index in [1.54, 1.807) is 11.4 Å². The lowest BCUT2D eigenvalue weighted by molar-refractivity contribution is -0.154. The molecule has 1 fully saturated rings. The van der Waals surface area contributed by atoms with Crippen molar-refractivity contribution in [1.82, 2.24) is 24.9 Å². The van der Waals surface area contributed by atoms with Gasteiger partial charge in [0.15, 0.2) is 6.10 Å². The molecule has 0 bridgehead atoms. The van der Waals surface area contributed by atoms with E-state index in [-0.39, 0.29) is 18.4 Å². The van der Waals surface area contributed by atoms with Gasteiger partial charge in [-0.3, -0.25) is 9.59 Å². The Kier molecular flexibility index (Phi) is 5.96. The summed E-state index contributed by atoms with van der Waals surface area (Å²) >= 11 is 0. The van der Waals surface area contributed by atoms with Crippen LogP contribution in [0.25, 0.3) is 5.78 Å². The standard InChI is InChI=1S/C20H29N5O3/c1-11-7-6-8-17(12(11)2)24-19(27)15(5)28-18(26)9-16-13(3)23-20-21-10-22-25(20)14(16)4/h10-12,15,17H,6-9H2,1-5H3,(H,24,27)/t11-,12-,15+,17+/m0/s1. The third kappa shape index (κ3) is 4.15. The Morgan fingerprint density at radius 2 is 2.07 bits per heavy atom. The summed E-state index contributed by atoms with van der Waals surface area (Å²) < 4.78 is 6.99. The van der Waals surface area contributed by atoms with Crippen molar-refractivity contribution in [2.24, 2.45) is 11.8 Å². The highest BCUT2D eigenvalue weighted by molar-refractivity contribution is 5.84. The van der Waals surface area contributed by atoms with Gasteiger partial charge in [0.1, 0.15) is 6.33 Å². The Labute approximate surface area is 165 Å². The highest BCUT2D eigenvalue weighted by atomic mass is 16.5. The number of fused-ring (bicyclic) bond motifs is 1. The molecule has 4 atom stereocenters. The van der Waals surface area contributed by atoms with Crippen molar-refractivity contribution in [2.45, 2.75) is 72.4 Å². The van der Waals surface area contributed by atoms with Crippen LogP contribution in [0, 0.1) is 25.7 Å². The normalized spacial score (nSPS) is 23.4. The molecule has 1 saturated carbocycles. The van der Waals surface area contributed by atoms with Gasteiger partial charge in [0.2, 0.25) is 0 Å². The molecule has 1 aliphatic rings. The molecule has 3 rings (SSSR count). The molecule has 1 aliphatic carbocycles. The largest absolute Gasteiger partial charge is 0.452 e. The average molecular weight is 387 g/mol. The molecule has 8 nitrogen and oxygen atoms in total. The minimum atomic E-state index is -0.833. The van der Waals surface area contributed by atoms with E-state index in [4.69, 9.17) is 4.74 Å². The van der Waals surface area contributed by atoms with E-state index in [0.29, 0.717) is 23.3 Å². The first kappa shape index (κ1) is 20.2. The van der Waals surface area contributed by atoms with E-state index < -0.39 is 12.1 Å². The number of rotatable bonds is 5. The number of aromatic nitrogens is 4. The number of esters is 1. The molecule has 1 amide bonds. The number of nitrogens with one attached hydrogen (secondary N) is 1. The smallest absolute Gasteiger partial charge is 0.311 e. The van der Waals surface area contributed by atoms with Crippen LogP contribution < -0.4 is 5.32 Å². The van der Waals surface area contributed by atoms with E-state index in [0.717, 1.165) is 24.1 Å². The number of ether oxygens (including phenoxy) is 1. The third-order valence-corrected chi connectivity index (χ3v) is 6.02. The topological polar surface area (TPSA) is 98.5 Å². The molecule has 152 valence electrons. The molecule has 2 aromatic heterocycles. The van der Waals surface area contributed by atoms with Crippen LogP contribution in [0.3, 0.4) is 0 Å². The maximum atomic E-state index is 12.5. The molecule has 2 aromatic rings. The quantitative estimate of drug-likeness (QED) is 0.790. The molecular formula is C20H29N5O3. The van der Waals surface area contributed by atoms with E-state index in [1.807, 2.05) is 13.8 Å². The second-order valence-electron chi connectivity index (χ2n) is 7.92. The molecule has 0 aromatic carbocycles. The summed E-state index contributed by atoms with van der Waals surface area (Å²) in [5.41, 5.74) is 2.24. The van der Waals surface area contributed by atoms with Crippen molar-refractivity contribution >= 4 is 17.7 Å². The predicted octanol–water partition coefficient (Wildman–Crippen LogP) is 2.16. The van der Waals surface area contributed by atoms with E-state index >= 15 is 0 Å². The van der Waals surface area contributed by atoms with Crippen molar-refractivity contribution in [3.63, 3.8) is 0 Å². The summed E-state index contributed by atoms with van der Waals surface area (Å²) in [6.07, 6.45) is 3.91. The van der Waals surface area contributed by atoms with Crippen LogP contribution in [0.1, 0.15) is 57.0 Å². The Morgan fingerprint density at radius 1 is 1.32 bits per heavy atom. The highest BCUT2D eigenvalue weighted by Crippen LogP contribution is 2.29. The van der Waals surface area contributed by atoms with Gasteiger partial charge in [-0.2, -0.15) is 10.1 Å². The van der Waals surface area contributed by atoms with Crippen LogP contribution >= 0.6 is 0 Å². The number of carbonyl (C=O) groups excluding carboxylic acids is 2. The molecule has 0 spiro atoms. The van der Waals surface area contributed by atoms with Gasteiger partial charge >= 0.3 is 5.97 Å². The third-order valence-electron chi connectivity index (χ3n) is 6.02. The fourth-order valence-corrected chi connectivity index (χ4v) is 3.93. The molecular weight excluding hydrogens is 358 g/mol. The molecule has 2 heterocycles. The van der Waals surface area contributed by atoms with Gasteiger partial charge in [-0.15, -0.1) is 0 Å². The minimum Gasteiger partial charge on any atom is -0.452 e. The number of amides is 1. The van der Waals surface area contributed by atoms with Crippen LogP contribution in [0.15, 0.2) is 6.33 Å². The first-order valence-corrected chi connectivity index (χ1v) is 9.93. The number of hydrogen-bond acceptors (Lipinski definition) is 6. The summed E-state index contributed by atoms with van der Waals surface area (Å²) in [6.45, 7) is 9.69. The average Bonchev–Trinajstić information content (AvgIpc) is 3.10. The number of hydrogen-bond donors (Lipinski definition) is 1. The maximum Gasteiger partial charge on any atom is 0.311 e. The Morgan fingerprint density at radius 3 is 2.82 bits per heavy atom. The molecule has 0 aliphatic heterocycles. The fraction of sp³-hybridized carbons (Fsp3) is 0.650. The molecule has 0 radical (unpaired) electrons. The van der Waals surface area contributed by atoms with Crippen LogP contribution in [0.2, 0.25) is 0 Å². The van der Waals surface area contributed by atoms with Crippen molar-refractivity contribution < 1.29 is 14.3 Å². The van der Waals surface area contributed by atoms with Gasteiger partial charge in [0.05, 0.1) is 6.42 Å². The zero-order chi connectivity index (χ0) is 20.4. The molecule has 28 heavy (non-hydrogen) atoms. The summed E-state index contributed by atoms with van der Waals surface area (Å²) in [6, 6.07) is 0.140. The summed E-state index contributed by atoms with van der Waals surface area (Å²) in [7, 11) is 0. The van der Waals surface area contributed by atoms with Crippen LogP contribution in [-0.4, -0.2) is 43.6 Å². The predicted molar refractivity (Wildman–Crippen MR) is 104 cm³/mol. The maximum absolute atomic E-state index is 12.5. The number of nitrogens with zero attached hydrogens (tertiary/aromatic N) is 4. The monoisotopic (exact) mass is 387 g/mol. The highest BCUT2D eigenvalue weighted by Gasteiger charge is 2.30. The SMILES string of the molecule is Cc1nc2ncnn2c(C)c1CC(=O)O[C@H](C)C(=O)N[C@@H]1CCC[C@H](C)[C@@H]1C. The first-order chi connectivity index (χ1) is 13.3. The summed E-state index contributed by atoms with van der Waals surface area (Å²) in [4.78, 5) is 33.4. The van der Waals surface area contributed by atoms with Crippen molar-refractivity contribution in [3.8, 4) is 0 Å². The van der Waals surface area contributed by atoms with Crippen LogP contribution in [-0.2, 0) is 20.7 Å². The van der Waals surface area contributed by atoms with Crippen molar-refractivity contribution in [1.29, 1.82) is 0 Å².